The van der Waals surface area contributed by atoms with Gasteiger partial charge in [0.25, 0.3) is 11.8 Å². The summed E-state index contributed by atoms with van der Waals surface area (Å²) in [6, 6.07) is 12.4. The van der Waals surface area contributed by atoms with Gasteiger partial charge in [-0.2, -0.15) is 4.31 Å². The minimum absolute atomic E-state index is 0.00353. The van der Waals surface area contributed by atoms with Crippen molar-refractivity contribution in [1.82, 2.24) is 4.31 Å². The minimum Gasteiger partial charge on any atom is -0.366 e. The monoisotopic (exact) mass is 459 g/mol. The van der Waals surface area contributed by atoms with Crippen molar-refractivity contribution in [2.24, 2.45) is 5.73 Å². The molecule has 0 atom stereocenters. The molecule has 2 amide bonds. The Morgan fingerprint density at radius 3 is 2.58 bits per heavy atom. The molecule has 1 aliphatic rings. The second-order valence-electron chi connectivity index (χ2n) is 6.98. The van der Waals surface area contributed by atoms with Crippen molar-refractivity contribution in [3.8, 4) is 0 Å². The minimum atomic E-state index is -3.91. The summed E-state index contributed by atoms with van der Waals surface area (Å²) in [5.74, 6) is -2.46. The van der Waals surface area contributed by atoms with Crippen molar-refractivity contribution in [3.05, 3.63) is 81.3 Å². The van der Waals surface area contributed by atoms with Gasteiger partial charge in [0, 0.05) is 18.8 Å². The molecule has 7 nitrogen and oxygen atoms in total. The number of rotatable bonds is 5. The predicted molar refractivity (Wildman–Crippen MR) is 115 cm³/mol. The molecule has 0 saturated heterocycles. The summed E-state index contributed by atoms with van der Waals surface area (Å²) < 4.78 is 41.6. The lowest BCUT2D eigenvalue weighted by atomic mass is 10.0. The Bertz CT molecular complexity index is 1290. The highest BCUT2D eigenvalue weighted by Crippen LogP contribution is 2.30. The van der Waals surface area contributed by atoms with Crippen LogP contribution in [0.15, 0.2) is 58.8 Å². The van der Waals surface area contributed by atoms with Crippen molar-refractivity contribution in [2.75, 3.05) is 11.9 Å². The van der Waals surface area contributed by atoms with Crippen molar-refractivity contribution in [1.29, 1.82) is 0 Å². The number of hydrogen-bond acceptors (Lipinski definition) is 5. The Balaban J connectivity index is 1.59. The first-order chi connectivity index (χ1) is 14.8. The molecule has 0 radical (unpaired) electrons. The van der Waals surface area contributed by atoms with Gasteiger partial charge in [0.2, 0.25) is 10.0 Å². The first-order valence-electron chi connectivity index (χ1n) is 9.32. The molecule has 0 saturated carbocycles. The maximum atomic E-state index is 13.7. The van der Waals surface area contributed by atoms with E-state index in [0.29, 0.717) is 13.0 Å². The normalized spacial score (nSPS) is 14.1. The Morgan fingerprint density at radius 1 is 1.10 bits per heavy atom. The number of thiophene rings is 1. The van der Waals surface area contributed by atoms with E-state index in [0.717, 1.165) is 34.6 Å². The van der Waals surface area contributed by atoms with Crippen LogP contribution < -0.4 is 11.1 Å². The fraction of sp³-hybridized carbons (Fsp3) is 0.143. The molecule has 10 heteroatoms. The van der Waals surface area contributed by atoms with Crippen LogP contribution in [0.4, 0.5) is 10.1 Å². The third kappa shape index (κ3) is 4.09. The number of carbonyl (C=O) groups excluding carboxylic acids is 2. The summed E-state index contributed by atoms with van der Waals surface area (Å²) in [6.45, 7) is 0.547. The van der Waals surface area contributed by atoms with Crippen LogP contribution in [0.5, 0.6) is 0 Å². The summed E-state index contributed by atoms with van der Waals surface area (Å²) in [6.07, 6.45) is 0.590. The number of nitrogens with one attached hydrogen (secondary N) is 1. The van der Waals surface area contributed by atoms with Gasteiger partial charge in [-0.3, -0.25) is 9.59 Å². The number of benzene rings is 2. The molecule has 3 N–H and O–H groups in total. The number of carbonyl (C=O) groups is 2. The molecular weight excluding hydrogens is 441 g/mol. The molecule has 0 bridgehead atoms. The first kappa shape index (κ1) is 21.2. The average molecular weight is 460 g/mol. The van der Waals surface area contributed by atoms with Gasteiger partial charge in [-0.15, -0.1) is 11.3 Å². The van der Waals surface area contributed by atoms with Crippen LogP contribution in [0.25, 0.3) is 0 Å². The number of fused-ring (bicyclic) bond motifs is 1. The number of primary amides is 1. The lowest BCUT2D eigenvalue weighted by molar-refractivity contribution is 0.0992. The largest absolute Gasteiger partial charge is 0.366 e. The fourth-order valence-corrected chi connectivity index (χ4v) is 6.17. The van der Waals surface area contributed by atoms with Crippen LogP contribution in [0.2, 0.25) is 0 Å². The smallest absolute Gasteiger partial charge is 0.267 e. The molecule has 160 valence electrons. The second-order valence-corrected chi connectivity index (χ2v) is 9.81. The third-order valence-corrected chi connectivity index (χ3v) is 7.97. The maximum Gasteiger partial charge on any atom is 0.267 e. The van der Waals surface area contributed by atoms with Gasteiger partial charge in [0.05, 0.1) is 5.56 Å². The third-order valence-electron chi connectivity index (χ3n) is 5.04. The average Bonchev–Trinajstić information content (AvgIpc) is 3.25. The predicted octanol–water partition coefficient (Wildman–Crippen LogP) is 2.99. The Hall–Kier alpha value is -3.08. The molecule has 0 aliphatic carbocycles. The summed E-state index contributed by atoms with van der Waals surface area (Å²) in [5, 5.41) is 4.04. The first-order valence-corrected chi connectivity index (χ1v) is 11.6. The SMILES string of the molecule is NC(=O)c1cc(NC(=O)c2sccc2S(=O)(=O)N2CCc3ccccc3C2)ccc1F. The molecule has 3 aromatic rings. The van der Waals surface area contributed by atoms with Crippen LogP contribution >= 0.6 is 11.3 Å². The lowest BCUT2D eigenvalue weighted by Gasteiger charge is -2.28. The number of nitrogens with zero attached hydrogens (tertiary/aromatic N) is 1. The van der Waals surface area contributed by atoms with Gasteiger partial charge in [0.1, 0.15) is 15.6 Å². The Morgan fingerprint density at radius 2 is 1.84 bits per heavy atom. The van der Waals surface area contributed by atoms with E-state index in [4.69, 9.17) is 5.73 Å². The van der Waals surface area contributed by atoms with Gasteiger partial charge in [-0.25, -0.2) is 12.8 Å². The van der Waals surface area contributed by atoms with Gasteiger partial charge in [-0.05, 0) is 47.2 Å². The van der Waals surface area contributed by atoms with Gasteiger partial charge in [-0.1, -0.05) is 24.3 Å². The molecule has 0 spiro atoms. The summed E-state index contributed by atoms with van der Waals surface area (Å²) >= 11 is 0.983. The van der Waals surface area contributed by atoms with Crippen molar-refractivity contribution in [3.63, 3.8) is 0 Å². The topological polar surface area (TPSA) is 110 Å². The summed E-state index contributed by atoms with van der Waals surface area (Å²) in [4.78, 5) is 24.0. The zero-order valence-corrected chi connectivity index (χ0v) is 17.8. The van der Waals surface area contributed by atoms with E-state index in [1.165, 1.54) is 21.8 Å². The fourth-order valence-electron chi connectivity index (χ4n) is 3.46. The Kier molecular flexibility index (Phi) is 5.61. The van der Waals surface area contributed by atoms with Crippen LogP contribution in [0.3, 0.4) is 0 Å². The quantitative estimate of drug-likeness (QED) is 0.611. The number of anilines is 1. The van der Waals surface area contributed by atoms with Crippen molar-refractivity contribution < 1.29 is 22.4 Å². The van der Waals surface area contributed by atoms with Crippen molar-refractivity contribution in [2.45, 2.75) is 17.9 Å². The highest BCUT2D eigenvalue weighted by molar-refractivity contribution is 7.89. The second kappa shape index (κ2) is 8.22. The molecule has 2 aromatic carbocycles. The van der Waals surface area contributed by atoms with E-state index in [2.05, 4.69) is 5.32 Å². The van der Waals surface area contributed by atoms with E-state index in [1.807, 2.05) is 24.3 Å². The molecule has 1 aromatic heterocycles. The molecular formula is C21H18FN3O4S2. The number of hydrogen-bond donors (Lipinski definition) is 2. The molecule has 0 unspecified atom stereocenters. The number of amides is 2. The maximum absolute atomic E-state index is 13.7. The van der Waals surface area contributed by atoms with E-state index in [1.54, 1.807) is 0 Å². The standard InChI is InChI=1S/C21H18FN3O4S2/c22-17-6-5-15(11-16(17)20(23)26)24-21(27)19-18(8-10-30-19)31(28,29)25-9-7-13-3-1-2-4-14(13)12-25/h1-6,8,10-11H,7,9,12H2,(H2,23,26)(H,24,27). The zero-order chi connectivity index (χ0) is 22.2. The van der Waals surface area contributed by atoms with Gasteiger partial charge >= 0.3 is 0 Å². The molecule has 0 fully saturated rings. The van der Waals surface area contributed by atoms with Crippen LogP contribution in [0, 0.1) is 5.82 Å². The molecule has 1 aliphatic heterocycles. The van der Waals surface area contributed by atoms with E-state index >= 15 is 0 Å². The number of halogens is 1. The zero-order valence-electron chi connectivity index (χ0n) is 16.2. The van der Waals surface area contributed by atoms with Crippen LogP contribution in [-0.2, 0) is 23.0 Å². The molecule has 31 heavy (non-hydrogen) atoms. The lowest BCUT2D eigenvalue weighted by Crippen LogP contribution is -2.36. The number of sulfonamides is 1. The molecule has 4 rings (SSSR count). The van der Waals surface area contributed by atoms with Crippen LogP contribution in [0.1, 0.15) is 31.2 Å². The van der Waals surface area contributed by atoms with E-state index < -0.39 is 27.7 Å². The van der Waals surface area contributed by atoms with E-state index in [-0.39, 0.29) is 27.6 Å². The highest BCUT2D eigenvalue weighted by Gasteiger charge is 2.32. The number of nitrogens with two attached hydrogens (primary N) is 1. The summed E-state index contributed by atoms with van der Waals surface area (Å²) in [5.41, 5.74) is 6.93. The van der Waals surface area contributed by atoms with E-state index in [9.17, 15) is 22.4 Å². The Labute approximate surface area is 182 Å². The van der Waals surface area contributed by atoms with Crippen LogP contribution in [-0.4, -0.2) is 31.1 Å². The van der Waals surface area contributed by atoms with Crippen molar-refractivity contribution >= 4 is 38.9 Å². The van der Waals surface area contributed by atoms with Gasteiger partial charge < -0.3 is 11.1 Å². The summed E-state index contributed by atoms with van der Waals surface area (Å²) in [7, 11) is -3.91. The van der Waals surface area contributed by atoms with Gasteiger partial charge in [0.15, 0.2) is 0 Å². The molecule has 2 heterocycles. The highest BCUT2D eigenvalue weighted by atomic mass is 32.2.